The average Bonchev–Trinajstić information content (AvgIpc) is 3.16. The van der Waals surface area contributed by atoms with Gasteiger partial charge in [0.05, 0.1) is 6.54 Å². The number of guanidine groups is 1. The number of hydrogen-bond acceptors (Lipinski definition) is 4. The van der Waals surface area contributed by atoms with Gasteiger partial charge in [-0.05, 0) is 30.5 Å². The van der Waals surface area contributed by atoms with Crippen LogP contribution in [-0.2, 0) is 17.8 Å². The summed E-state index contributed by atoms with van der Waals surface area (Å²) in [6, 6.07) is 9.90. The molecule has 0 saturated heterocycles. The second-order valence-electron chi connectivity index (χ2n) is 5.51. The monoisotopic (exact) mass is 359 g/mol. The van der Waals surface area contributed by atoms with E-state index in [0.717, 1.165) is 18.7 Å². The lowest BCUT2D eigenvalue weighted by atomic mass is 10.2. The third-order valence-electron chi connectivity index (χ3n) is 3.58. The zero-order chi connectivity index (χ0) is 17.9. The number of nitrogens with zero attached hydrogens (tertiary/aromatic N) is 3. The molecule has 134 valence electrons. The molecule has 0 aliphatic heterocycles. The minimum atomic E-state index is -0.00995. The predicted octanol–water partition coefficient (Wildman–Crippen LogP) is 1.90. The van der Waals surface area contributed by atoms with Crippen LogP contribution in [0.5, 0.6) is 0 Å². The highest BCUT2D eigenvalue weighted by atomic mass is 32.1. The van der Waals surface area contributed by atoms with Crippen molar-refractivity contribution in [1.82, 2.24) is 20.5 Å². The van der Waals surface area contributed by atoms with Crippen LogP contribution in [0.15, 0.2) is 46.9 Å². The molecule has 0 saturated carbocycles. The molecule has 0 unspecified atom stereocenters. The molecule has 0 aliphatic rings. The number of carbonyl (C=O) groups excluding carboxylic acids is 1. The van der Waals surface area contributed by atoms with Crippen molar-refractivity contribution < 1.29 is 4.79 Å². The van der Waals surface area contributed by atoms with Crippen molar-refractivity contribution in [3.05, 3.63) is 52.5 Å². The Balaban J connectivity index is 1.79. The first-order valence-electron chi connectivity index (χ1n) is 8.37. The first-order chi connectivity index (χ1) is 12.2. The third kappa shape index (κ3) is 6.93. The molecular weight excluding hydrogens is 334 g/mol. The Morgan fingerprint density at radius 2 is 2.16 bits per heavy atom. The summed E-state index contributed by atoms with van der Waals surface area (Å²) in [6.07, 6.45) is 2.51. The van der Waals surface area contributed by atoms with Crippen LogP contribution in [0.2, 0.25) is 0 Å². The normalized spacial score (nSPS) is 11.2. The molecule has 2 rings (SSSR count). The van der Waals surface area contributed by atoms with Gasteiger partial charge in [-0.25, -0.2) is 4.99 Å². The zero-order valence-corrected chi connectivity index (χ0v) is 15.6. The van der Waals surface area contributed by atoms with Crippen LogP contribution in [0.1, 0.15) is 17.5 Å². The lowest BCUT2D eigenvalue weighted by Crippen LogP contribution is -2.38. The summed E-state index contributed by atoms with van der Waals surface area (Å²) in [5.74, 6) is 0.645. The van der Waals surface area contributed by atoms with Crippen molar-refractivity contribution in [2.24, 2.45) is 4.99 Å². The number of carbonyl (C=O) groups is 1. The van der Waals surface area contributed by atoms with Crippen LogP contribution in [0, 0.1) is 0 Å². The second-order valence-corrected chi connectivity index (χ2v) is 6.55. The SMILES string of the molecule is CCNC(=NCC(=O)N(C)CCc1ccccn1)NCc1cccs1. The molecule has 0 radical (unpaired) electrons. The van der Waals surface area contributed by atoms with E-state index in [2.05, 4.69) is 26.7 Å². The Morgan fingerprint density at radius 1 is 1.28 bits per heavy atom. The summed E-state index contributed by atoms with van der Waals surface area (Å²) < 4.78 is 0. The van der Waals surface area contributed by atoms with Gasteiger partial charge in [0.2, 0.25) is 5.91 Å². The van der Waals surface area contributed by atoms with Crippen molar-refractivity contribution in [1.29, 1.82) is 0 Å². The smallest absolute Gasteiger partial charge is 0.244 e. The number of aromatic nitrogens is 1. The van der Waals surface area contributed by atoms with Gasteiger partial charge in [0.1, 0.15) is 6.54 Å². The molecule has 25 heavy (non-hydrogen) atoms. The number of likely N-dealkylation sites (N-methyl/N-ethyl adjacent to an activating group) is 1. The molecule has 6 nitrogen and oxygen atoms in total. The zero-order valence-electron chi connectivity index (χ0n) is 14.7. The molecule has 2 aromatic heterocycles. The molecule has 0 aliphatic carbocycles. The summed E-state index contributed by atoms with van der Waals surface area (Å²) in [5, 5.41) is 8.45. The van der Waals surface area contributed by atoms with Gasteiger partial charge < -0.3 is 15.5 Å². The van der Waals surface area contributed by atoms with Crippen LogP contribution >= 0.6 is 11.3 Å². The standard InChI is InChI=1S/C18H25N5OS/c1-3-19-18(21-13-16-8-6-12-25-16)22-14-17(24)23(2)11-9-15-7-4-5-10-20-15/h4-8,10,12H,3,9,11,13-14H2,1-2H3,(H2,19,21,22). The van der Waals surface area contributed by atoms with Gasteiger partial charge in [-0.3, -0.25) is 9.78 Å². The molecule has 2 N–H and O–H groups in total. The van der Waals surface area contributed by atoms with E-state index in [1.807, 2.05) is 36.6 Å². The van der Waals surface area contributed by atoms with E-state index in [0.29, 0.717) is 19.0 Å². The molecule has 2 aromatic rings. The van der Waals surface area contributed by atoms with E-state index in [1.165, 1.54) is 4.88 Å². The van der Waals surface area contributed by atoms with E-state index in [-0.39, 0.29) is 12.5 Å². The van der Waals surface area contributed by atoms with Crippen molar-refractivity contribution >= 4 is 23.2 Å². The number of rotatable bonds is 8. The number of pyridine rings is 1. The molecule has 7 heteroatoms. The van der Waals surface area contributed by atoms with Crippen molar-refractivity contribution in [3.8, 4) is 0 Å². The molecule has 0 bridgehead atoms. The highest BCUT2D eigenvalue weighted by molar-refractivity contribution is 7.09. The second kappa shape index (κ2) is 10.5. The number of aliphatic imine (C=N–C) groups is 1. The summed E-state index contributed by atoms with van der Waals surface area (Å²) in [4.78, 5) is 23.8. The molecule has 0 fully saturated rings. The minimum absolute atomic E-state index is 0.00995. The predicted molar refractivity (Wildman–Crippen MR) is 103 cm³/mol. The van der Waals surface area contributed by atoms with Gasteiger partial charge >= 0.3 is 0 Å². The fourth-order valence-electron chi connectivity index (χ4n) is 2.15. The van der Waals surface area contributed by atoms with Crippen LogP contribution in [0.25, 0.3) is 0 Å². The van der Waals surface area contributed by atoms with Gasteiger partial charge in [-0.1, -0.05) is 12.1 Å². The van der Waals surface area contributed by atoms with Crippen molar-refractivity contribution in [3.63, 3.8) is 0 Å². The van der Waals surface area contributed by atoms with Crippen LogP contribution in [-0.4, -0.2) is 48.4 Å². The van der Waals surface area contributed by atoms with E-state index >= 15 is 0 Å². The highest BCUT2D eigenvalue weighted by Crippen LogP contribution is 2.07. The quantitative estimate of drug-likeness (QED) is 0.558. The summed E-state index contributed by atoms with van der Waals surface area (Å²) in [7, 11) is 1.80. The molecule has 0 aromatic carbocycles. The minimum Gasteiger partial charge on any atom is -0.357 e. The fourth-order valence-corrected chi connectivity index (χ4v) is 2.79. The Hall–Kier alpha value is -2.41. The Kier molecular flexibility index (Phi) is 7.91. The van der Waals surface area contributed by atoms with Gasteiger partial charge in [0, 0.05) is 43.3 Å². The van der Waals surface area contributed by atoms with E-state index in [1.54, 1.807) is 29.5 Å². The molecule has 2 heterocycles. The summed E-state index contributed by atoms with van der Waals surface area (Å²) in [6.45, 7) is 4.21. The third-order valence-corrected chi connectivity index (χ3v) is 4.46. The van der Waals surface area contributed by atoms with Crippen molar-refractivity contribution in [2.45, 2.75) is 19.9 Å². The average molecular weight is 359 g/mol. The topological polar surface area (TPSA) is 69.6 Å². The molecule has 0 spiro atoms. The highest BCUT2D eigenvalue weighted by Gasteiger charge is 2.09. The maximum absolute atomic E-state index is 12.3. The van der Waals surface area contributed by atoms with Crippen LogP contribution < -0.4 is 10.6 Å². The Morgan fingerprint density at radius 3 is 2.84 bits per heavy atom. The molecule has 1 amide bonds. The number of nitrogens with one attached hydrogen (secondary N) is 2. The van der Waals surface area contributed by atoms with E-state index < -0.39 is 0 Å². The van der Waals surface area contributed by atoms with E-state index in [4.69, 9.17) is 0 Å². The van der Waals surface area contributed by atoms with Gasteiger partial charge in [-0.2, -0.15) is 0 Å². The van der Waals surface area contributed by atoms with Gasteiger partial charge in [0.25, 0.3) is 0 Å². The Bertz CT molecular complexity index is 657. The van der Waals surface area contributed by atoms with Crippen LogP contribution in [0.3, 0.4) is 0 Å². The number of hydrogen-bond donors (Lipinski definition) is 2. The van der Waals surface area contributed by atoms with E-state index in [9.17, 15) is 4.79 Å². The van der Waals surface area contributed by atoms with Crippen molar-refractivity contribution in [2.75, 3.05) is 26.7 Å². The number of thiophene rings is 1. The summed E-state index contributed by atoms with van der Waals surface area (Å²) in [5.41, 5.74) is 0.983. The fraction of sp³-hybridized carbons (Fsp3) is 0.389. The number of amides is 1. The maximum Gasteiger partial charge on any atom is 0.244 e. The maximum atomic E-state index is 12.3. The van der Waals surface area contributed by atoms with Gasteiger partial charge in [0.15, 0.2) is 5.96 Å². The van der Waals surface area contributed by atoms with Gasteiger partial charge in [-0.15, -0.1) is 11.3 Å². The Labute approximate surface area is 153 Å². The molecular formula is C18H25N5OS. The lowest BCUT2D eigenvalue weighted by molar-refractivity contribution is -0.128. The largest absolute Gasteiger partial charge is 0.357 e. The first-order valence-corrected chi connectivity index (χ1v) is 9.25. The molecule has 0 atom stereocenters. The summed E-state index contributed by atoms with van der Waals surface area (Å²) >= 11 is 1.69. The first kappa shape index (κ1) is 18.9. The lowest BCUT2D eigenvalue weighted by Gasteiger charge is -2.16. The van der Waals surface area contributed by atoms with Crippen LogP contribution in [0.4, 0.5) is 0 Å².